The van der Waals surface area contributed by atoms with Crippen LogP contribution in [0.1, 0.15) is 10.4 Å². The molecule has 110 valence electrons. The summed E-state index contributed by atoms with van der Waals surface area (Å²) in [6, 6.07) is 6.22. The van der Waals surface area contributed by atoms with Crippen molar-refractivity contribution in [1.29, 1.82) is 0 Å². The Morgan fingerprint density at radius 3 is 3.05 bits per heavy atom. The van der Waals surface area contributed by atoms with Gasteiger partial charge < -0.3 is 15.0 Å². The summed E-state index contributed by atoms with van der Waals surface area (Å²) in [5.74, 6) is -0.331. The molecule has 2 aromatic rings. The molecule has 0 atom stereocenters. The highest BCUT2D eigenvalue weighted by molar-refractivity contribution is 7.10. The number of urea groups is 1. The highest BCUT2D eigenvalue weighted by atomic mass is 32.1. The van der Waals surface area contributed by atoms with E-state index in [1.807, 2.05) is 11.4 Å². The van der Waals surface area contributed by atoms with Gasteiger partial charge in [0.1, 0.15) is 0 Å². The van der Waals surface area contributed by atoms with E-state index < -0.39 is 5.82 Å². The summed E-state index contributed by atoms with van der Waals surface area (Å²) in [5.41, 5.74) is 1.62. The summed E-state index contributed by atoms with van der Waals surface area (Å²) in [7, 11) is 1.41. The number of nitrogens with zero attached hydrogens (tertiary/aromatic N) is 1. The zero-order chi connectivity index (χ0) is 14.8. The Kier molecular flexibility index (Phi) is 3.79. The number of carbonyl (C=O) groups is 1. The molecule has 0 saturated carbocycles. The summed E-state index contributed by atoms with van der Waals surface area (Å²) >= 11 is 1.73. The number of amides is 2. The van der Waals surface area contributed by atoms with Crippen LogP contribution in [0.3, 0.4) is 0 Å². The molecule has 0 aliphatic carbocycles. The number of rotatable bonds is 2. The number of ether oxygens (including phenoxy) is 1. The quantitative estimate of drug-likeness (QED) is 0.923. The molecular weight excluding hydrogens is 291 g/mol. The second-order valence-electron chi connectivity index (χ2n) is 4.82. The molecule has 0 unspecified atom stereocenters. The maximum atomic E-state index is 13.6. The molecule has 0 fully saturated rings. The molecule has 1 N–H and O–H groups in total. The summed E-state index contributed by atoms with van der Waals surface area (Å²) in [4.78, 5) is 15.3. The van der Waals surface area contributed by atoms with E-state index in [9.17, 15) is 9.18 Å². The van der Waals surface area contributed by atoms with Crippen LogP contribution in [0.25, 0.3) is 0 Å². The average molecular weight is 306 g/mol. The van der Waals surface area contributed by atoms with Gasteiger partial charge in [-0.15, -0.1) is 11.3 Å². The zero-order valence-electron chi connectivity index (χ0n) is 11.6. The van der Waals surface area contributed by atoms with E-state index in [1.165, 1.54) is 29.7 Å². The lowest BCUT2D eigenvalue weighted by molar-refractivity contribution is 0.207. The molecule has 4 nitrogen and oxygen atoms in total. The Bertz CT molecular complexity index is 671. The van der Waals surface area contributed by atoms with Gasteiger partial charge in [-0.05, 0) is 35.6 Å². The summed E-state index contributed by atoms with van der Waals surface area (Å²) in [6.45, 7) is 1.28. The lowest BCUT2D eigenvalue weighted by Crippen LogP contribution is -2.38. The maximum Gasteiger partial charge on any atom is 0.322 e. The predicted octanol–water partition coefficient (Wildman–Crippen LogP) is 3.49. The molecule has 1 aromatic carbocycles. The number of benzene rings is 1. The first-order chi connectivity index (χ1) is 10.2. The fraction of sp³-hybridized carbons (Fsp3) is 0.267. The van der Waals surface area contributed by atoms with Crippen LogP contribution in [-0.2, 0) is 13.0 Å². The first kappa shape index (κ1) is 13.9. The Morgan fingerprint density at radius 2 is 2.29 bits per heavy atom. The highest BCUT2D eigenvalue weighted by Crippen LogP contribution is 2.25. The van der Waals surface area contributed by atoms with Gasteiger partial charge in [-0.2, -0.15) is 0 Å². The molecule has 0 spiro atoms. The number of hydrogen-bond donors (Lipinski definition) is 1. The van der Waals surface area contributed by atoms with Crippen LogP contribution in [0.15, 0.2) is 29.6 Å². The first-order valence-electron chi connectivity index (χ1n) is 6.62. The molecule has 21 heavy (non-hydrogen) atoms. The minimum absolute atomic E-state index is 0.161. The van der Waals surface area contributed by atoms with E-state index in [4.69, 9.17) is 4.74 Å². The molecule has 0 saturated heterocycles. The van der Waals surface area contributed by atoms with Crippen molar-refractivity contribution in [3.63, 3.8) is 0 Å². The molecule has 1 aromatic heterocycles. The third kappa shape index (κ3) is 2.85. The average Bonchev–Trinajstić information content (AvgIpc) is 2.94. The number of nitrogens with one attached hydrogen (secondary N) is 1. The first-order valence-corrected chi connectivity index (χ1v) is 7.50. The van der Waals surface area contributed by atoms with E-state index >= 15 is 0 Å². The predicted molar refractivity (Wildman–Crippen MR) is 80.4 cm³/mol. The van der Waals surface area contributed by atoms with Crippen LogP contribution in [0, 0.1) is 5.82 Å². The third-order valence-electron chi connectivity index (χ3n) is 3.50. The van der Waals surface area contributed by atoms with E-state index in [0.29, 0.717) is 18.8 Å². The van der Waals surface area contributed by atoms with Crippen molar-refractivity contribution < 1.29 is 13.9 Å². The minimum Gasteiger partial charge on any atom is -0.494 e. The van der Waals surface area contributed by atoms with Crippen molar-refractivity contribution in [2.45, 2.75) is 13.0 Å². The monoisotopic (exact) mass is 306 g/mol. The van der Waals surface area contributed by atoms with Gasteiger partial charge in [0.25, 0.3) is 0 Å². The SMILES string of the molecule is COc1ccc(NC(=O)N2CCc3sccc3C2)cc1F. The summed E-state index contributed by atoms with van der Waals surface area (Å²) in [6.07, 6.45) is 0.872. The summed E-state index contributed by atoms with van der Waals surface area (Å²) in [5, 5.41) is 4.77. The van der Waals surface area contributed by atoms with Crippen LogP contribution in [0.2, 0.25) is 0 Å². The fourth-order valence-electron chi connectivity index (χ4n) is 2.37. The number of anilines is 1. The van der Waals surface area contributed by atoms with Crippen LogP contribution in [0.4, 0.5) is 14.9 Å². The molecule has 6 heteroatoms. The van der Waals surface area contributed by atoms with Crippen molar-refractivity contribution in [1.82, 2.24) is 4.90 Å². The minimum atomic E-state index is -0.492. The summed E-state index contributed by atoms with van der Waals surface area (Å²) < 4.78 is 18.5. The molecule has 2 heterocycles. The van der Waals surface area contributed by atoms with Crippen molar-refractivity contribution in [3.8, 4) is 5.75 Å². The van der Waals surface area contributed by atoms with Gasteiger partial charge in [0.15, 0.2) is 11.6 Å². The highest BCUT2D eigenvalue weighted by Gasteiger charge is 2.21. The van der Waals surface area contributed by atoms with Crippen molar-refractivity contribution in [3.05, 3.63) is 45.9 Å². The number of halogens is 1. The van der Waals surface area contributed by atoms with Crippen LogP contribution in [-0.4, -0.2) is 24.6 Å². The molecule has 2 amide bonds. The Morgan fingerprint density at radius 1 is 1.43 bits per heavy atom. The maximum absolute atomic E-state index is 13.6. The molecule has 1 aliphatic rings. The Balaban J connectivity index is 1.68. The number of carbonyl (C=O) groups excluding carboxylic acids is 1. The van der Waals surface area contributed by atoms with Crippen LogP contribution < -0.4 is 10.1 Å². The molecule has 1 aliphatic heterocycles. The standard InChI is InChI=1S/C15H15FN2O2S/c1-20-13-3-2-11(8-12(13)16)17-15(19)18-6-4-14-10(9-18)5-7-21-14/h2-3,5,7-8H,4,6,9H2,1H3,(H,17,19). The van der Waals surface area contributed by atoms with Crippen molar-refractivity contribution in [2.24, 2.45) is 0 Å². The number of hydrogen-bond acceptors (Lipinski definition) is 3. The topological polar surface area (TPSA) is 41.6 Å². The van der Waals surface area contributed by atoms with Gasteiger partial charge in [0.05, 0.1) is 7.11 Å². The lowest BCUT2D eigenvalue weighted by Gasteiger charge is -2.27. The van der Waals surface area contributed by atoms with E-state index in [-0.39, 0.29) is 11.8 Å². The smallest absolute Gasteiger partial charge is 0.322 e. The van der Waals surface area contributed by atoms with E-state index in [0.717, 1.165) is 6.42 Å². The second-order valence-corrected chi connectivity index (χ2v) is 5.82. The Labute approximate surface area is 126 Å². The van der Waals surface area contributed by atoms with E-state index in [1.54, 1.807) is 22.3 Å². The lowest BCUT2D eigenvalue weighted by atomic mass is 10.1. The fourth-order valence-corrected chi connectivity index (χ4v) is 3.26. The van der Waals surface area contributed by atoms with Gasteiger partial charge in [0.2, 0.25) is 0 Å². The molecule has 0 radical (unpaired) electrons. The number of thiophene rings is 1. The van der Waals surface area contributed by atoms with Crippen LogP contribution in [0.5, 0.6) is 5.75 Å². The second kappa shape index (κ2) is 5.73. The van der Waals surface area contributed by atoms with Gasteiger partial charge in [-0.1, -0.05) is 0 Å². The molecule has 3 rings (SSSR count). The third-order valence-corrected chi connectivity index (χ3v) is 4.52. The number of methoxy groups -OCH3 is 1. The van der Waals surface area contributed by atoms with Crippen molar-refractivity contribution >= 4 is 23.1 Å². The van der Waals surface area contributed by atoms with E-state index in [2.05, 4.69) is 5.32 Å². The Hall–Kier alpha value is -2.08. The van der Waals surface area contributed by atoms with Crippen LogP contribution >= 0.6 is 11.3 Å². The zero-order valence-corrected chi connectivity index (χ0v) is 12.4. The van der Waals surface area contributed by atoms with Gasteiger partial charge >= 0.3 is 6.03 Å². The van der Waals surface area contributed by atoms with Gasteiger partial charge in [0, 0.05) is 29.7 Å². The molecular formula is C15H15FN2O2S. The van der Waals surface area contributed by atoms with Gasteiger partial charge in [-0.25, -0.2) is 9.18 Å². The normalized spacial score (nSPS) is 13.7. The van der Waals surface area contributed by atoms with Gasteiger partial charge in [-0.3, -0.25) is 0 Å². The number of fused-ring (bicyclic) bond motifs is 1. The molecule has 0 bridgehead atoms. The largest absolute Gasteiger partial charge is 0.494 e. The van der Waals surface area contributed by atoms with Crippen molar-refractivity contribution in [2.75, 3.05) is 19.0 Å².